The molecule has 1 aliphatic rings. The van der Waals surface area contributed by atoms with Gasteiger partial charge in [-0.25, -0.2) is 0 Å². The molecule has 0 aliphatic carbocycles. The minimum absolute atomic E-state index is 0.0891. The molecule has 6 heteroatoms. The second-order valence-corrected chi connectivity index (χ2v) is 5.40. The highest BCUT2D eigenvalue weighted by Gasteiger charge is 2.22. The van der Waals surface area contributed by atoms with Gasteiger partial charge in [-0.1, -0.05) is 28.1 Å². The zero-order chi connectivity index (χ0) is 14.8. The number of halogens is 1. The maximum Gasteiger partial charge on any atom is 0.262 e. The molecule has 1 heterocycles. The van der Waals surface area contributed by atoms with E-state index in [0.717, 1.165) is 4.47 Å². The van der Waals surface area contributed by atoms with Crippen LogP contribution in [0.25, 0.3) is 0 Å². The van der Waals surface area contributed by atoms with Crippen LogP contribution in [0.3, 0.4) is 0 Å². The number of benzene rings is 2. The minimum atomic E-state index is -0.291. The van der Waals surface area contributed by atoms with Gasteiger partial charge in [0.15, 0.2) is 12.4 Å². The third-order valence-electron chi connectivity index (χ3n) is 2.96. The fourth-order valence-corrected chi connectivity index (χ4v) is 2.46. The number of carbonyl (C=O) groups excluding carboxylic acids is 2. The van der Waals surface area contributed by atoms with Crippen LogP contribution >= 0.6 is 15.9 Å². The third kappa shape index (κ3) is 2.90. The van der Waals surface area contributed by atoms with Crippen molar-refractivity contribution in [3.8, 4) is 5.75 Å². The number of para-hydroxylation sites is 1. The van der Waals surface area contributed by atoms with Crippen molar-refractivity contribution in [2.24, 2.45) is 0 Å². The highest BCUT2D eigenvalue weighted by atomic mass is 79.9. The summed E-state index contributed by atoms with van der Waals surface area (Å²) >= 11 is 3.35. The van der Waals surface area contributed by atoms with Gasteiger partial charge in [-0.15, -0.1) is 0 Å². The number of amides is 2. The molecule has 2 aromatic rings. The van der Waals surface area contributed by atoms with Gasteiger partial charge in [-0.2, -0.15) is 0 Å². The van der Waals surface area contributed by atoms with E-state index in [1.54, 1.807) is 30.3 Å². The quantitative estimate of drug-likeness (QED) is 0.878. The Balaban J connectivity index is 1.89. The van der Waals surface area contributed by atoms with Crippen molar-refractivity contribution < 1.29 is 14.3 Å². The van der Waals surface area contributed by atoms with Crippen LogP contribution in [0.15, 0.2) is 46.9 Å². The predicted molar refractivity (Wildman–Crippen MR) is 82.7 cm³/mol. The van der Waals surface area contributed by atoms with E-state index >= 15 is 0 Å². The number of hydrogen-bond acceptors (Lipinski definition) is 3. The van der Waals surface area contributed by atoms with Crippen LogP contribution in [-0.2, 0) is 4.79 Å². The molecule has 0 unspecified atom stereocenters. The monoisotopic (exact) mass is 346 g/mol. The van der Waals surface area contributed by atoms with E-state index in [-0.39, 0.29) is 18.4 Å². The molecule has 0 saturated heterocycles. The van der Waals surface area contributed by atoms with E-state index in [9.17, 15) is 9.59 Å². The molecule has 0 fully saturated rings. The number of nitrogens with one attached hydrogen (secondary N) is 2. The molecule has 0 saturated carbocycles. The van der Waals surface area contributed by atoms with Gasteiger partial charge in [0.2, 0.25) is 0 Å². The second-order valence-electron chi connectivity index (χ2n) is 4.48. The fourth-order valence-electron chi connectivity index (χ4n) is 2.06. The van der Waals surface area contributed by atoms with E-state index in [2.05, 4.69) is 26.6 Å². The highest BCUT2D eigenvalue weighted by Crippen LogP contribution is 2.32. The van der Waals surface area contributed by atoms with Crippen LogP contribution < -0.4 is 15.4 Å². The van der Waals surface area contributed by atoms with Gasteiger partial charge in [0.05, 0.1) is 11.3 Å². The van der Waals surface area contributed by atoms with Crippen LogP contribution in [0.1, 0.15) is 10.4 Å². The zero-order valence-electron chi connectivity index (χ0n) is 10.9. The Morgan fingerprint density at radius 3 is 2.86 bits per heavy atom. The highest BCUT2D eigenvalue weighted by molar-refractivity contribution is 9.10. The van der Waals surface area contributed by atoms with Crippen LogP contribution in [0.4, 0.5) is 11.4 Å². The lowest BCUT2D eigenvalue weighted by atomic mass is 10.1. The minimum Gasteiger partial charge on any atom is -0.481 e. The summed E-state index contributed by atoms with van der Waals surface area (Å²) in [5.74, 6) is -0.127. The lowest BCUT2D eigenvalue weighted by molar-refractivity contribution is -0.118. The molecule has 0 spiro atoms. The Morgan fingerprint density at radius 1 is 1.24 bits per heavy atom. The molecule has 2 amide bonds. The normalized spacial score (nSPS) is 12.9. The Bertz CT molecular complexity index is 731. The first-order valence-electron chi connectivity index (χ1n) is 6.26. The van der Waals surface area contributed by atoms with E-state index in [0.29, 0.717) is 22.7 Å². The van der Waals surface area contributed by atoms with E-state index in [4.69, 9.17) is 4.74 Å². The molecule has 3 rings (SSSR count). The zero-order valence-corrected chi connectivity index (χ0v) is 12.4. The number of carbonyl (C=O) groups is 2. The van der Waals surface area contributed by atoms with E-state index in [1.807, 2.05) is 12.1 Å². The first kappa shape index (κ1) is 13.6. The number of hydrogen-bond donors (Lipinski definition) is 2. The molecule has 21 heavy (non-hydrogen) atoms. The summed E-state index contributed by atoms with van der Waals surface area (Å²) in [5, 5.41) is 5.48. The van der Waals surface area contributed by atoms with Gasteiger partial charge in [0.1, 0.15) is 0 Å². The molecule has 1 aliphatic heterocycles. The van der Waals surface area contributed by atoms with Crippen LogP contribution in [0, 0.1) is 0 Å². The molecular weight excluding hydrogens is 336 g/mol. The summed E-state index contributed by atoms with van der Waals surface area (Å²) in [6.07, 6.45) is 0. The van der Waals surface area contributed by atoms with Gasteiger partial charge in [0.25, 0.3) is 11.8 Å². The van der Waals surface area contributed by atoms with Crippen molar-refractivity contribution in [1.82, 2.24) is 0 Å². The van der Waals surface area contributed by atoms with Gasteiger partial charge < -0.3 is 15.4 Å². The molecule has 0 atom stereocenters. The number of rotatable bonds is 2. The summed E-state index contributed by atoms with van der Waals surface area (Å²) in [7, 11) is 0. The Kier molecular flexibility index (Phi) is 3.62. The summed E-state index contributed by atoms with van der Waals surface area (Å²) in [6, 6.07) is 12.3. The predicted octanol–water partition coefficient (Wildman–Crippen LogP) is 3.03. The molecule has 0 aromatic heterocycles. The Hall–Kier alpha value is -2.34. The maximum absolute atomic E-state index is 12.4. The molecule has 0 bridgehead atoms. The number of anilines is 2. The van der Waals surface area contributed by atoms with Crippen molar-refractivity contribution in [3.63, 3.8) is 0 Å². The summed E-state index contributed by atoms with van der Waals surface area (Å²) in [6.45, 7) is -0.0891. The first-order valence-corrected chi connectivity index (χ1v) is 7.05. The molecule has 2 aromatic carbocycles. The number of ether oxygens (including phenoxy) is 1. The Labute approximate surface area is 129 Å². The van der Waals surface area contributed by atoms with Crippen LogP contribution in [-0.4, -0.2) is 18.4 Å². The van der Waals surface area contributed by atoms with Crippen molar-refractivity contribution in [2.45, 2.75) is 0 Å². The van der Waals surface area contributed by atoms with Crippen LogP contribution in [0.5, 0.6) is 5.75 Å². The van der Waals surface area contributed by atoms with Gasteiger partial charge in [0, 0.05) is 10.2 Å². The van der Waals surface area contributed by atoms with Gasteiger partial charge in [-0.3, -0.25) is 9.59 Å². The van der Waals surface area contributed by atoms with Crippen molar-refractivity contribution in [3.05, 3.63) is 52.5 Å². The molecule has 2 N–H and O–H groups in total. The average molecular weight is 347 g/mol. The molecule has 5 nitrogen and oxygen atoms in total. The summed E-state index contributed by atoms with van der Waals surface area (Å²) in [4.78, 5) is 23.7. The SMILES string of the molecule is O=C1COc2c(cccc2C(=O)Nc2cccc(Br)c2)N1. The summed E-state index contributed by atoms with van der Waals surface area (Å²) < 4.78 is 6.24. The second kappa shape index (κ2) is 5.57. The number of fused-ring (bicyclic) bond motifs is 1. The first-order chi connectivity index (χ1) is 10.1. The largest absolute Gasteiger partial charge is 0.481 e. The van der Waals surface area contributed by atoms with Gasteiger partial charge in [-0.05, 0) is 30.3 Å². The topological polar surface area (TPSA) is 67.4 Å². The van der Waals surface area contributed by atoms with Gasteiger partial charge >= 0.3 is 0 Å². The lowest BCUT2D eigenvalue weighted by Crippen LogP contribution is -2.27. The summed E-state index contributed by atoms with van der Waals surface area (Å²) in [5.41, 5.74) is 1.56. The van der Waals surface area contributed by atoms with Crippen molar-refractivity contribution >= 4 is 39.1 Å². The maximum atomic E-state index is 12.4. The molecule has 0 radical (unpaired) electrons. The van der Waals surface area contributed by atoms with Crippen molar-refractivity contribution in [1.29, 1.82) is 0 Å². The Morgan fingerprint density at radius 2 is 2.05 bits per heavy atom. The fraction of sp³-hybridized carbons (Fsp3) is 0.0667. The smallest absolute Gasteiger partial charge is 0.262 e. The van der Waals surface area contributed by atoms with Crippen LogP contribution in [0.2, 0.25) is 0 Å². The lowest BCUT2D eigenvalue weighted by Gasteiger charge is -2.20. The van der Waals surface area contributed by atoms with E-state index < -0.39 is 0 Å². The molecular formula is C15H11BrN2O3. The molecule has 106 valence electrons. The third-order valence-corrected chi connectivity index (χ3v) is 3.46. The standard InChI is InChI=1S/C15H11BrN2O3/c16-9-3-1-4-10(7-9)17-15(20)11-5-2-6-12-14(11)21-8-13(19)18-12/h1-7H,8H2,(H,17,20)(H,18,19). The average Bonchev–Trinajstić information content (AvgIpc) is 2.46. The van der Waals surface area contributed by atoms with Crippen molar-refractivity contribution in [2.75, 3.05) is 17.2 Å². The van der Waals surface area contributed by atoms with E-state index in [1.165, 1.54) is 0 Å².